The molecule has 0 atom stereocenters. The van der Waals surface area contributed by atoms with Crippen LogP contribution in [0.4, 0.5) is 23.0 Å². The Morgan fingerprint density at radius 3 is 2.15 bits per heavy atom. The van der Waals surface area contributed by atoms with Crippen molar-refractivity contribution in [2.24, 2.45) is 0 Å². The summed E-state index contributed by atoms with van der Waals surface area (Å²) >= 11 is 0. The summed E-state index contributed by atoms with van der Waals surface area (Å²) in [5.74, 6) is -1.48. The van der Waals surface area contributed by atoms with E-state index in [1.54, 1.807) is 24.4 Å². The molecule has 18 heteroatoms. The van der Waals surface area contributed by atoms with Crippen LogP contribution in [0.1, 0.15) is 30.2 Å². The van der Waals surface area contributed by atoms with E-state index in [2.05, 4.69) is 15.0 Å². The number of phenols is 1. The molecule has 0 aliphatic carbocycles. The van der Waals surface area contributed by atoms with Crippen LogP contribution in [0.2, 0.25) is 0 Å². The highest BCUT2D eigenvalue weighted by atomic mass is 16.7. The maximum Gasteiger partial charge on any atom is 0.324 e. The van der Waals surface area contributed by atoms with E-state index >= 15 is 0 Å². The zero-order chi connectivity index (χ0) is 30.0. The first kappa shape index (κ1) is 30.7. The summed E-state index contributed by atoms with van der Waals surface area (Å²) in [7, 11) is 0. The number of aromatic hydroxyl groups is 1. The van der Waals surface area contributed by atoms with Crippen molar-refractivity contribution in [1.82, 2.24) is 20.0 Å². The number of anilines is 1. The summed E-state index contributed by atoms with van der Waals surface area (Å²) < 4.78 is 0. The van der Waals surface area contributed by atoms with Gasteiger partial charge < -0.3 is 15.7 Å². The van der Waals surface area contributed by atoms with Crippen molar-refractivity contribution in [3.63, 3.8) is 0 Å². The number of phenolic OH excluding ortho intramolecular Hbond substituents is 1. The van der Waals surface area contributed by atoms with Gasteiger partial charge in [0.2, 0.25) is 5.95 Å². The molecule has 0 spiro atoms. The van der Waals surface area contributed by atoms with Crippen molar-refractivity contribution in [3.05, 3.63) is 94.2 Å². The molecule has 0 fully saturated rings. The lowest BCUT2D eigenvalue weighted by atomic mass is 10.1. The molecule has 2 aromatic heterocycles. The minimum absolute atomic E-state index is 0.112. The van der Waals surface area contributed by atoms with Crippen LogP contribution < -0.4 is 11.3 Å². The van der Waals surface area contributed by atoms with Gasteiger partial charge in [-0.25, -0.2) is 4.98 Å². The number of hydrogen-bond acceptors (Lipinski definition) is 14. The number of aryl methyl sites for hydroxylation is 1. The molecule has 40 heavy (non-hydrogen) atoms. The number of nitro groups is 3. The Morgan fingerprint density at radius 1 is 1.10 bits per heavy atom. The first-order valence-corrected chi connectivity index (χ1v) is 11.3. The smallest absolute Gasteiger partial charge is 0.324 e. The first-order chi connectivity index (χ1) is 18.8. The predicted molar refractivity (Wildman–Crippen MR) is 137 cm³/mol. The van der Waals surface area contributed by atoms with E-state index in [9.17, 15) is 39.9 Å². The fourth-order valence-corrected chi connectivity index (χ4v) is 3.36. The predicted octanol–water partition coefficient (Wildman–Crippen LogP) is 2.09. The van der Waals surface area contributed by atoms with Crippen LogP contribution in [0.5, 0.6) is 5.75 Å². The van der Waals surface area contributed by atoms with Gasteiger partial charge in [0, 0.05) is 37.1 Å². The Labute approximate surface area is 224 Å². The number of aromatic amines is 1. The number of pyridine rings is 1. The molecule has 2 heterocycles. The number of nitrogens with one attached hydrogen (secondary N) is 1. The SMILES string of the molecule is CC(=O)ON(CCCc1c(C)nc(N)[nH]c1=O)Cc1ccncc1.O=[N+]([O-])c1cc([N+](=O)[O-])c(O)c([N+](=O)[O-])c1. The van der Waals surface area contributed by atoms with Gasteiger partial charge in [0.15, 0.2) is 0 Å². The van der Waals surface area contributed by atoms with Crippen LogP contribution in [0, 0.1) is 37.3 Å². The number of nitrogens with two attached hydrogens (primary N) is 1. The molecule has 1 aromatic carbocycles. The van der Waals surface area contributed by atoms with Gasteiger partial charge in [0.1, 0.15) is 0 Å². The zero-order valence-corrected chi connectivity index (χ0v) is 21.2. The molecule has 0 aliphatic rings. The molecular weight excluding hydrogens is 536 g/mol. The number of nitrogen functional groups attached to an aromatic ring is 1. The Kier molecular flexibility index (Phi) is 10.6. The van der Waals surface area contributed by atoms with Crippen LogP contribution >= 0.6 is 0 Å². The molecule has 0 amide bonds. The van der Waals surface area contributed by atoms with Gasteiger partial charge in [-0.2, -0.15) is 0 Å². The number of carbonyl (C=O) groups excluding carboxylic acids is 1. The lowest BCUT2D eigenvalue weighted by Crippen LogP contribution is -2.28. The molecule has 0 saturated carbocycles. The van der Waals surface area contributed by atoms with Crippen molar-refractivity contribution < 1.29 is 29.5 Å². The number of carbonyl (C=O) groups is 1. The van der Waals surface area contributed by atoms with Gasteiger partial charge in [-0.05, 0) is 37.5 Å². The molecule has 0 aliphatic heterocycles. The van der Waals surface area contributed by atoms with E-state index in [1.807, 2.05) is 12.1 Å². The second-order valence-electron chi connectivity index (χ2n) is 8.02. The summed E-state index contributed by atoms with van der Waals surface area (Å²) in [6, 6.07) is 4.61. The van der Waals surface area contributed by atoms with Crippen molar-refractivity contribution in [1.29, 1.82) is 0 Å². The summed E-state index contributed by atoms with van der Waals surface area (Å²) in [5, 5.41) is 41.8. The molecular formula is C22H24N8O10. The summed E-state index contributed by atoms with van der Waals surface area (Å²) in [5.41, 5.74) is 4.47. The monoisotopic (exact) mass is 560 g/mol. The normalized spacial score (nSPS) is 10.4. The maximum atomic E-state index is 11.9. The van der Waals surface area contributed by atoms with E-state index in [1.165, 1.54) is 6.92 Å². The van der Waals surface area contributed by atoms with Gasteiger partial charge in [-0.3, -0.25) is 49.9 Å². The first-order valence-electron chi connectivity index (χ1n) is 11.3. The molecule has 4 N–H and O–H groups in total. The van der Waals surface area contributed by atoms with Crippen LogP contribution in [-0.2, 0) is 22.6 Å². The van der Waals surface area contributed by atoms with Gasteiger partial charge in [0.05, 0.1) is 33.4 Å². The molecule has 212 valence electrons. The summed E-state index contributed by atoms with van der Waals surface area (Å²) in [6.07, 6.45) is 4.52. The number of nitrogens with zero attached hydrogens (tertiary/aromatic N) is 6. The maximum absolute atomic E-state index is 11.9. The van der Waals surface area contributed by atoms with Gasteiger partial charge in [0.25, 0.3) is 17.0 Å². The molecule has 3 aromatic rings. The number of non-ortho nitro benzene ring substituents is 1. The Hall–Kier alpha value is -5.52. The van der Waals surface area contributed by atoms with Crippen molar-refractivity contribution >= 4 is 29.0 Å². The number of benzene rings is 1. The third kappa shape index (κ3) is 8.80. The standard InChI is InChI=1S/C16H21N5O3.C6H3N3O7/c1-11-14(15(23)20-16(17)19-11)4-3-9-21(24-12(2)22)10-13-5-7-18-8-6-13;10-6-4(8(13)14)1-3(7(11)12)2-5(6)9(15)16/h5-8H,3-4,9-10H2,1-2H3,(H3,17,19,20,23);1-2,10H. The highest BCUT2D eigenvalue weighted by molar-refractivity contribution is 5.65. The Balaban J connectivity index is 0.000000305. The van der Waals surface area contributed by atoms with E-state index in [0.29, 0.717) is 49.3 Å². The van der Waals surface area contributed by atoms with Gasteiger partial charge >= 0.3 is 17.3 Å². The number of nitro benzene ring substituents is 3. The second-order valence-corrected chi connectivity index (χ2v) is 8.02. The largest absolute Gasteiger partial charge is 0.497 e. The van der Waals surface area contributed by atoms with Crippen molar-refractivity contribution in [2.75, 3.05) is 12.3 Å². The fraction of sp³-hybridized carbons (Fsp3) is 0.273. The molecule has 0 saturated heterocycles. The lowest BCUT2D eigenvalue weighted by Gasteiger charge is -2.20. The zero-order valence-electron chi connectivity index (χ0n) is 21.2. The highest BCUT2D eigenvalue weighted by Gasteiger charge is 2.30. The van der Waals surface area contributed by atoms with E-state index in [0.717, 1.165) is 5.56 Å². The third-order valence-electron chi connectivity index (χ3n) is 5.10. The van der Waals surface area contributed by atoms with Gasteiger partial charge in [-0.15, -0.1) is 5.06 Å². The Bertz CT molecular complexity index is 1430. The topological polar surface area (TPSA) is 264 Å². The van der Waals surface area contributed by atoms with Gasteiger partial charge in [-0.1, -0.05) is 0 Å². The molecule has 18 nitrogen and oxygen atoms in total. The van der Waals surface area contributed by atoms with E-state index < -0.39 is 37.6 Å². The lowest BCUT2D eigenvalue weighted by molar-refractivity contribution is -0.404. The number of rotatable bonds is 10. The van der Waals surface area contributed by atoms with E-state index in [-0.39, 0.29) is 17.5 Å². The quantitative estimate of drug-likeness (QED) is 0.237. The van der Waals surface area contributed by atoms with Crippen LogP contribution in [0.25, 0.3) is 0 Å². The molecule has 0 unspecified atom stereocenters. The highest BCUT2D eigenvalue weighted by Crippen LogP contribution is 2.38. The summed E-state index contributed by atoms with van der Waals surface area (Å²) in [6.45, 7) is 4.06. The van der Waals surface area contributed by atoms with Crippen molar-refractivity contribution in [2.45, 2.75) is 33.2 Å². The number of hydrogen-bond donors (Lipinski definition) is 3. The minimum atomic E-state index is -1.21. The number of H-pyrrole nitrogens is 1. The van der Waals surface area contributed by atoms with E-state index in [4.69, 9.17) is 15.7 Å². The van der Waals surface area contributed by atoms with Crippen LogP contribution in [-0.4, -0.2) is 52.4 Å². The summed E-state index contributed by atoms with van der Waals surface area (Å²) in [4.78, 5) is 66.7. The molecule has 0 radical (unpaired) electrons. The van der Waals surface area contributed by atoms with Crippen LogP contribution in [0.3, 0.4) is 0 Å². The average Bonchev–Trinajstić information content (AvgIpc) is 2.85. The van der Waals surface area contributed by atoms with Crippen molar-refractivity contribution in [3.8, 4) is 5.75 Å². The van der Waals surface area contributed by atoms with Crippen LogP contribution in [0.15, 0.2) is 41.5 Å². The average molecular weight is 560 g/mol. The molecule has 0 bridgehead atoms. The number of aromatic nitrogens is 3. The molecule has 3 rings (SSSR count). The second kappa shape index (κ2) is 13.9. The Morgan fingerprint density at radius 2 is 1.68 bits per heavy atom. The minimum Gasteiger partial charge on any atom is -0.497 e. The third-order valence-corrected chi connectivity index (χ3v) is 5.10. The fourth-order valence-electron chi connectivity index (χ4n) is 3.36. The number of hydroxylamine groups is 2.